The number of anilines is 1. The van der Waals surface area contributed by atoms with E-state index in [0.717, 1.165) is 10.2 Å². The van der Waals surface area contributed by atoms with E-state index in [0.29, 0.717) is 27.2 Å². The molecule has 0 unspecified atom stereocenters. The summed E-state index contributed by atoms with van der Waals surface area (Å²) in [5, 5.41) is 8.04. The second-order valence-corrected chi connectivity index (χ2v) is 7.44. The van der Waals surface area contributed by atoms with E-state index in [1.165, 1.54) is 0 Å². The summed E-state index contributed by atoms with van der Waals surface area (Å²) in [4.78, 5) is 37.9. The van der Waals surface area contributed by atoms with Crippen LogP contribution in [0.5, 0.6) is 0 Å². The predicted octanol–water partition coefficient (Wildman–Crippen LogP) is 4.14. The molecule has 7 nitrogen and oxygen atoms in total. The number of benzene rings is 3. The van der Waals surface area contributed by atoms with Crippen LogP contribution in [0, 0.1) is 6.92 Å². The van der Waals surface area contributed by atoms with Crippen molar-refractivity contribution in [3.63, 3.8) is 0 Å². The first-order valence-corrected chi connectivity index (χ1v) is 10.1. The van der Waals surface area contributed by atoms with Gasteiger partial charge in [-0.2, -0.15) is 9.78 Å². The van der Waals surface area contributed by atoms with Crippen LogP contribution >= 0.6 is 11.6 Å². The summed E-state index contributed by atoms with van der Waals surface area (Å²) in [6.45, 7) is 1.33. The lowest BCUT2D eigenvalue weighted by Crippen LogP contribution is -2.26. The molecule has 0 aliphatic rings. The van der Waals surface area contributed by atoms with Gasteiger partial charge < -0.3 is 10.1 Å². The Morgan fingerprint density at radius 3 is 2.41 bits per heavy atom. The lowest BCUT2D eigenvalue weighted by Gasteiger charge is -2.11. The highest BCUT2D eigenvalue weighted by atomic mass is 35.5. The molecule has 0 spiro atoms. The van der Waals surface area contributed by atoms with Crippen LogP contribution in [0.25, 0.3) is 16.5 Å². The van der Waals surface area contributed by atoms with Crippen molar-refractivity contribution in [2.45, 2.75) is 6.92 Å². The fourth-order valence-electron chi connectivity index (χ4n) is 3.15. The molecular weight excluding hydrogens is 430 g/mol. The van der Waals surface area contributed by atoms with Gasteiger partial charge in [-0.05, 0) is 42.8 Å². The third-order valence-corrected chi connectivity index (χ3v) is 5.20. The summed E-state index contributed by atoms with van der Waals surface area (Å²) in [6.07, 6.45) is 0. The molecule has 1 N–H and O–H groups in total. The smallest absolute Gasteiger partial charge is 0.359 e. The Hall–Kier alpha value is -3.97. The van der Waals surface area contributed by atoms with E-state index < -0.39 is 18.5 Å². The lowest BCUT2D eigenvalue weighted by atomic mass is 10.1. The molecule has 0 aliphatic carbocycles. The maximum atomic E-state index is 12.9. The van der Waals surface area contributed by atoms with Crippen molar-refractivity contribution in [3.8, 4) is 5.69 Å². The van der Waals surface area contributed by atoms with Crippen LogP contribution in [0.3, 0.4) is 0 Å². The molecule has 0 bridgehead atoms. The Bertz CT molecular complexity index is 1380. The summed E-state index contributed by atoms with van der Waals surface area (Å²) < 4.78 is 6.34. The van der Waals surface area contributed by atoms with Crippen LogP contribution < -0.4 is 10.9 Å². The normalized spacial score (nSPS) is 10.7. The molecule has 8 heteroatoms. The topological polar surface area (TPSA) is 90.3 Å². The molecule has 4 aromatic rings. The van der Waals surface area contributed by atoms with Gasteiger partial charge in [0.25, 0.3) is 11.5 Å². The Kier molecular flexibility index (Phi) is 6.00. The van der Waals surface area contributed by atoms with E-state index in [1.54, 1.807) is 66.7 Å². The molecule has 4 rings (SSSR count). The van der Waals surface area contributed by atoms with Crippen LogP contribution in [-0.4, -0.2) is 28.3 Å². The van der Waals surface area contributed by atoms with Gasteiger partial charge in [0, 0.05) is 16.1 Å². The van der Waals surface area contributed by atoms with Crippen LogP contribution in [-0.2, 0) is 9.53 Å². The number of para-hydroxylation sites is 1. The minimum atomic E-state index is -0.817. The number of aryl methyl sites for hydroxylation is 1. The van der Waals surface area contributed by atoms with Crippen molar-refractivity contribution < 1.29 is 14.3 Å². The summed E-state index contributed by atoms with van der Waals surface area (Å²) in [5.74, 6) is -1.35. The molecule has 0 aliphatic heterocycles. The zero-order valence-corrected chi connectivity index (χ0v) is 17.8. The molecule has 1 amide bonds. The van der Waals surface area contributed by atoms with Crippen molar-refractivity contribution in [2.75, 3.05) is 11.9 Å². The number of aromatic nitrogens is 2. The van der Waals surface area contributed by atoms with Gasteiger partial charge in [-0.3, -0.25) is 9.59 Å². The number of nitrogens with zero attached hydrogens (tertiary/aromatic N) is 2. The van der Waals surface area contributed by atoms with Crippen molar-refractivity contribution >= 4 is 39.9 Å². The van der Waals surface area contributed by atoms with Crippen molar-refractivity contribution in [3.05, 3.63) is 99.4 Å². The Balaban J connectivity index is 1.59. The first kappa shape index (κ1) is 21.3. The summed E-state index contributed by atoms with van der Waals surface area (Å²) >= 11 is 6.07. The number of hydrogen-bond acceptors (Lipinski definition) is 5. The van der Waals surface area contributed by atoms with Gasteiger partial charge in [0.2, 0.25) is 0 Å². The van der Waals surface area contributed by atoms with E-state index >= 15 is 0 Å². The zero-order valence-electron chi connectivity index (χ0n) is 17.0. The first-order valence-electron chi connectivity index (χ1n) is 9.74. The minimum Gasteiger partial charge on any atom is -0.451 e. The molecule has 160 valence electrons. The maximum Gasteiger partial charge on any atom is 0.359 e. The number of fused-ring (bicyclic) bond motifs is 1. The summed E-state index contributed by atoms with van der Waals surface area (Å²) in [6, 6.07) is 20.5. The molecule has 0 atom stereocenters. The quantitative estimate of drug-likeness (QED) is 0.464. The highest BCUT2D eigenvalue weighted by Gasteiger charge is 2.19. The van der Waals surface area contributed by atoms with E-state index in [9.17, 15) is 14.4 Å². The van der Waals surface area contributed by atoms with Gasteiger partial charge in [0.15, 0.2) is 12.3 Å². The van der Waals surface area contributed by atoms with Crippen LogP contribution in [0.15, 0.2) is 77.6 Å². The monoisotopic (exact) mass is 447 g/mol. The Morgan fingerprint density at radius 1 is 1.00 bits per heavy atom. The van der Waals surface area contributed by atoms with Gasteiger partial charge >= 0.3 is 5.97 Å². The largest absolute Gasteiger partial charge is 0.451 e. The Labute approximate surface area is 188 Å². The number of rotatable bonds is 5. The summed E-state index contributed by atoms with van der Waals surface area (Å²) in [5.41, 5.74) is 1.45. The van der Waals surface area contributed by atoms with Gasteiger partial charge in [-0.15, -0.1) is 0 Å². The third-order valence-electron chi connectivity index (χ3n) is 4.79. The van der Waals surface area contributed by atoms with E-state index in [2.05, 4.69) is 10.4 Å². The molecule has 0 radical (unpaired) electrons. The number of halogens is 1. The molecule has 1 aromatic heterocycles. The average molecular weight is 448 g/mol. The van der Waals surface area contributed by atoms with E-state index in [4.69, 9.17) is 16.3 Å². The summed E-state index contributed by atoms with van der Waals surface area (Å²) in [7, 11) is 0. The SMILES string of the molecule is Cc1ccc(NC(=O)COC(=O)c2nn(-c3ccccc3)c(=O)c3ccccc23)cc1Cl. The second kappa shape index (κ2) is 9.03. The molecule has 3 aromatic carbocycles. The van der Waals surface area contributed by atoms with Gasteiger partial charge in [0.1, 0.15) is 0 Å². The molecule has 0 saturated carbocycles. The molecule has 0 fully saturated rings. The standard InChI is InChI=1S/C24H18ClN3O4/c1-15-11-12-16(13-20(15)25)26-21(29)14-32-24(31)22-18-9-5-6-10-19(18)23(30)28(27-22)17-7-3-2-4-8-17/h2-13H,14H2,1H3,(H,26,29). The zero-order chi connectivity index (χ0) is 22.7. The van der Waals surface area contributed by atoms with Crippen LogP contribution in [0.2, 0.25) is 5.02 Å². The van der Waals surface area contributed by atoms with Crippen LogP contribution in [0.1, 0.15) is 16.1 Å². The minimum absolute atomic E-state index is 0.0600. The highest BCUT2D eigenvalue weighted by Crippen LogP contribution is 2.20. The fraction of sp³-hybridized carbons (Fsp3) is 0.0833. The number of ether oxygens (including phenoxy) is 1. The highest BCUT2D eigenvalue weighted by molar-refractivity contribution is 6.31. The van der Waals surface area contributed by atoms with Gasteiger partial charge in [0.05, 0.1) is 11.1 Å². The first-order chi connectivity index (χ1) is 15.4. The predicted molar refractivity (Wildman–Crippen MR) is 122 cm³/mol. The second-order valence-electron chi connectivity index (χ2n) is 7.03. The molecular formula is C24H18ClN3O4. The average Bonchev–Trinajstić information content (AvgIpc) is 2.81. The lowest BCUT2D eigenvalue weighted by molar-refractivity contribution is -0.119. The fourth-order valence-corrected chi connectivity index (χ4v) is 3.33. The number of carbonyl (C=O) groups is 2. The number of nitrogens with one attached hydrogen (secondary N) is 1. The van der Waals surface area contributed by atoms with Crippen molar-refractivity contribution in [1.29, 1.82) is 0 Å². The van der Waals surface area contributed by atoms with Crippen LogP contribution in [0.4, 0.5) is 5.69 Å². The molecule has 32 heavy (non-hydrogen) atoms. The van der Waals surface area contributed by atoms with Gasteiger partial charge in [-0.1, -0.05) is 54.1 Å². The molecule has 1 heterocycles. The molecule has 0 saturated heterocycles. The third kappa shape index (κ3) is 4.38. The number of amides is 1. The number of hydrogen-bond donors (Lipinski definition) is 1. The van der Waals surface area contributed by atoms with Crippen molar-refractivity contribution in [1.82, 2.24) is 9.78 Å². The van der Waals surface area contributed by atoms with E-state index in [-0.39, 0.29) is 11.3 Å². The van der Waals surface area contributed by atoms with Crippen molar-refractivity contribution in [2.24, 2.45) is 0 Å². The van der Waals surface area contributed by atoms with E-state index in [1.807, 2.05) is 13.0 Å². The van der Waals surface area contributed by atoms with Gasteiger partial charge in [-0.25, -0.2) is 4.79 Å². The Morgan fingerprint density at radius 2 is 1.69 bits per heavy atom. The number of carbonyl (C=O) groups excluding carboxylic acids is 2. The maximum absolute atomic E-state index is 12.9. The number of esters is 1.